The number of nitrogens with one attached hydrogen (secondary N) is 1. The zero-order chi connectivity index (χ0) is 15.4. The van der Waals surface area contributed by atoms with E-state index in [-0.39, 0.29) is 5.91 Å². The van der Waals surface area contributed by atoms with Crippen molar-refractivity contribution in [1.82, 2.24) is 10.3 Å². The van der Waals surface area contributed by atoms with Gasteiger partial charge in [0.15, 0.2) is 5.89 Å². The van der Waals surface area contributed by atoms with Crippen LogP contribution in [-0.2, 0) is 6.54 Å². The van der Waals surface area contributed by atoms with Gasteiger partial charge in [0, 0.05) is 12.5 Å². The maximum atomic E-state index is 12.1. The molecule has 0 aliphatic rings. The molecule has 110 valence electrons. The molecule has 0 radical (unpaired) electrons. The van der Waals surface area contributed by atoms with Crippen LogP contribution in [0.2, 0.25) is 0 Å². The molecule has 2 aromatic carbocycles. The molecule has 4 heteroatoms. The minimum Gasteiger partial charge on any atom is -0.449 e. The molecule has 3 rings (SSSR count). The summed E-state index contributed by atoms with van der Waals surface area (Å²) in [7, 11) is 0. The summed E-state index contributed by atoms with van der Waals surface area (Å²) >= 11 is 0. The molecule has 22 heavy (non-hydrogen) atoms. The van der Waals surface area contributed by atoms with Gasteiger partial charge in [0.2, 0.25) is 0 Å². The third-order valence-electron chi connectivity index (χ3n) is 3.35. The fourth-order valence-electron chi connectivity index (χ4n) is 2.21. The van der Waals surface area contributed by atoms with Gasteiger partial charge in [-0.15, -0.1) is 0 Å². The Balaban J connectivity index is 1.66. The number of carbonyl (C=O) groups is 1. The Kier molecular flexibility index (Phi) is 4.01. The van der Waals surface area contributed by atoms with Crippen LogP contribution in [-0.4, -0.2) is 10.9 Å². The third-order valence-corrected chi connectivity index (χ3v) is 3.35. The number of amides is 1. The Morgan fingerprint density at radius 2 is 1.73 bits per heavy atom. The second-order valence-electron chi connectivity index (χ2n) is 4.98. The van der Waals surface area contributed by atoms with Gasteiger partial charge in [-0.05, 0) is 23.3 Å². The van der Waals surface area contributed by atoms with E-state index in [2.05, 4.69) is 10.3 Å². The van der Waals surface area contributed by atoms with Gasteiger partial charge in [0.1, 0.15) is 6.26 Å². The summed E-state index contributed by atoms with van der Waals surface area (Å²) < 4.78 is 5.10. The van der Waals surface area contributed by atoms with Crippen LogP contribution in [0.1, 0.15) is 21.9 Å². The molecule has 0 spiro atoms. The van der Waals surface area contributed by atoms with E-state index in [9.17, 15) is 4.79 Å². The third kappa shape index (κ3) is 3.23. The Hall–Kier alpha value is -2.88. The van der Waals surface area contributed by atoms with Gasteiger partial charge < -0.3 is 9.73 Å². The van der Waals surface area contributed by atoms with Crippen molar-refractivity contribution in [3.8, 4) is 11.1 Å². The molecule has 1 aromatic heterocycles. The summed E-state index contributed by atoms with van der Waals surface area (Å²) in [6.07, 6.45) is 1.55. The normalized spacial score (nSPS) is 10.4. The molecule has 4 nitrogen and oxygen atoms in total. The predicted molar refractivity (Wildman–Crippen MR) is 84.3 cm³/mol. The zero-order valence-corrected chi connectivity index (χ0v) is 12.2. The van der Waals surface area contributed by atoms with Gasteiger partial charge in [-0.3, -0.25) is 4.79 Å². The highest BCUT2D eigenvalue weighted by Gasteiger charge is 2.07. The maximum Gasteiger partial charge on any atom is 0.251 e. The molecule has 1 heterocycles. The molecule has 0 unspecified atom stereocenters. The molecular formula is C18H16N2O2. The smallest absolute Gasteiger partial charge is 0.251 e. The summed E-state index contributed by atoms with van der Waals surface area (Å²) in [5.74, 6) is 0.469. The Bertz CT molecular complexity index is 761. The predicted octanol–water partition coefficient (Wildman–Crippen LogP) is 3.58. The van der Waals surface area contributed by atoms with Gasteiger partial charge >= 0.3 is 0 Å². The summed E-state index contributed by atoms with van der Waals surface area (Å²) in [5.41, 5.74) is 3.56. The van der Waals surface area contributed by atoms with E-state index in [0.29, 0.717) is 23.7 Å². The molecular weight excluding hydrogens is 276 g/mol. The number of hydrogen-bond acceptors (Lipinski definition) is 3. The van der Waals surface area contributed by atoms with Crippen LogP contribution in [0.3, 0.4) is 0 Å². The summed E-state index contributed by atoms with van der Waals surface area (Å²) in [6.45, 7) is 2.13. The van der Waals surface area contributed by atoms with Crippen LogP contribution in [0.15, 0.2) is 65.3 Å². The summed E-state index contributed by atoms with van der Waals surface area (Å²) in [6, 6.07) is 17.6. The monoisotopic (exact) mass is 292 g/mol. The number of aryl methyl sites for hydroxylation is 1. The van der Waals surface area contributed by atoms with Crippen LogP contribution in [0.25, 0.3) is 11.1 Å². The number of rotatable bonds is 4. The zero-order valence-electron chi connectivity index (χ0n) is 12.2. The standard InChI is InChI=1S/C18H16N2O2/c1-13-20-17(12-22-13)11-19-18(21)16-9-7-15(8-10-16)14-5-3-2-4-6-14/h2-10,12H,11H2,1H3,(H,19,21). The largest absolute Gasteiger partial charge is 0.449 e. The van der Waals surface area contributed by atoms with E-state index in [0.717, 1.165) is 11.1 Å². The molecule has 0 saturated carbocycles. The quantitative estimate of drug-likeness (QED) is 0.799. The van der Waals surface area contributed by atoms with E-state index in [1.807, 2.05) is 54.6 Å². The molecule has 0 fully saturated rings. The van der Waals surface area contributed by atoms with Crippen molar-refractivity contribution in [3.63, 3.8) is 0 Å². The van der Waals surface area contributed by atoms with Crippen LogP contribution < -0.4 is 5.32 Å². The molecule has 3 aromatic rings. The van der Waals surface area contributed by atoms with E-state index >= 15 is 0 Å². The maximum absolute atomic E-state index is 12.1. The fourth-order valence-corrected chi connectivity index (χ4v) is 2.21. The Morgan fingerprint density at radius 3 is 2.36 bits per heavy atom. The molecule has 1 N–H and O–H groups in total. The van der Waals surface area contributed by atoms with Crippen molar-refractivity contribution in [2.24, 2.45) is 0 Å². The number of benzene rings is 2. The Labute approximate surface area is 128 Å². The molecule has 0 aliphatic carbocycles. The van der Waals surface area contributed by atoms with Crippen LogP contribution in [0.5, 0.6) is 0 Å². The number of hydrogen-bond donors (Lipinski definition) is 1. The van der Waals surface area contributed by atoms with Crippen molar-refractivity contribution < 1.29 is 9.21 Å². The van der Waals surface area contributed by atoms with Crippen molar-refractivity contribution in [1.29, 1.82) is 0 Å². The van der Waals surface area contributed by atoms with Crippen LogP contribution in [0, 0.1) is 6.92 Å². The molecule has 0 bridgehead atoms. The first-order valence-corrected chi connectivity index (χ1v) is 7.07. The number of oxazole rings is 1. The SMILES string of the molecule is Cc1nc(CNC(=O)c2ccc(-c3ccccc3)cc2)co1. The number of aromatic nitrogens is 1. The van der Waals surface area contributed by atoms with Crippen molar-refractivity contribution in [2.45, 2.75) is 13.5 Å². The van der Waals surface area contributed by atoms with Gasteiger partial charge in [0.05, 0.1) is 12.2 Å². The number of carbonyl (C=O) groups excluding carboxylic acids is 1. The average Bonchev–Trinajstić information content (AvgIpc) is 2.99. The lowest BCUT2D eigenvalue weighted by atomic mass is 10.0. The van der Waals surface area contributed by atoms with Crippen LogP contribution >= 0.6 is 0 Å². The van der Waals surface area contributed by atoms with Gasteiger partial charge in [0.25, 0.3) is 5.91 Å². The molecule has 1 amide bonds. The lowest BCUT2D eigenvalue weighted by Gasteiger charge is -2.05. The summed E-state index contributed by atoms with van der Waals surface area (Å²) in [4.78, 5) is 16.3. The summed E-state index contributed by atoms with van der Waals surface area (Å²) in [5, 5.41) is 2.83. The van der Waals surface area contributed by atoms with Gasteiger partial charge in [-0.1, -0.05) is 42.5 Å². The average molecular weight is 292 g/mol. The van der Waals surface area contributed by atoms with Crippen molar-refractivity contribution in [3.05, 3.63) is 78.0 Å². The highest BCUT2D eigenvalue weighted by molar-refractivity contribution is 5.94. The van der Waals surface area contributed by atoms with Crippen molar-refractivity contribution in [2.75, 3.05) is 0 Å². The second-order valence-corrected chi connectivity index (χ2v) is 4.98. The van der Waals surface area contributed by atoms with Gasteiger partial charge in [-0.2, -0.15) is 0 Å². The van der Waals surface area contributed by atoms with E-state index in [1.54, 1.807) is 13.2 Å². The first-order valence-electron chi connectivity index (χ1n) is 7.07. The Morgan fingerprint density at radius 1 is 1.05 bits per heavy atom. The minimum absolute atomic E-state index is 0.125. The van der Waals surface area contributed by atoms with Crippen LogP contribution in [0.4, 0.5) is 0 Å². The van der Waals surface area contributed by atoms with E-state index in [1.165, 1.54) is 0 Å². The van der Waals surface area contributed by atoms with E-state index in [4.69, 9.17) is 4.42 Å². The molecule has 0 saturated heterocycles. The lowest BCUT2D eigenvalue weighted by Crippen LogP contribution is -2.22. The fraction of sp³-hybridized carbons (Fsp3) is 0.111. The lowest BCUT2D eigenvalue weighted by molar-refractivity contribution is 0.0950. The second kappa shape index (κ2) is 6.26. The molecule has 0 atom stereocenters. The highest BCUT2D eigenvalue weighted by Crippen LogP contribution is 2.19. The number of nitrogens with zero attached hydrogens (tertiary/aromatic N) is 1. The van der Waals surface area contributed by atoms with Crippen molar-refractivity contribution >= 4 is 5.91 Å². The minimum atomic E-state index is -0.125. The van der Waals surface area contributed by atoms with Gasteiger partial charge in [-0.25, -0.2) is 4.98 Å². The topological polar surface area (TPSA) is 55.1 Å². The first kappa shape index (κ1) is 14.1. The molecule has 0 aliphatic heterocycles. The first-order chi connectivity index (χ1) is 10.7. The highest BCUT2D eigenvalue weighted by atomic mass is 16.3. The van der Waals surface area contributed by atoms with E-state index < -0.39 is 0 Å².